The number of halogens is 3. The average molecular weight is 659 g/mol. The molecular weight excluding hydrogens is 618 g/mol. The van der Waals surface area contributed by atoms with Gasteiger partial charge in [-0.15, -0.1) is 5.10 Å². The Bertz CT molecular complexity index is 1600. The minimum Gasteiger partial charge on any atom is -0.396 e. The number of nitrogens with two attached hydrogens (primary N) is 1. The molecule has 0 aliphatic carbocycles. The highest BCUT2D eigenvalue weighted by Crippen LogP contribution is 2.35. The Balaban J connectivity index is 1.41. The van der Waals surface area contributed by atoms with E-state index < -0.39 is 23.4 Å². The van der Waals surface area contributed by atoms with E-state index in [0.717, 1.165) is 30.9 Å². The van der Waals surface area contributed by atoms with E-state index in [0.29, 0.717) is 31.9 Å². The highest BCUT2D eigenvalue weighted by Gasteiger charge is 2.30. The van der Waals surface area contributed by atoms with E-state index in [4.69, 9.17) is 17.3 Å². The Labute approximate surface area is 272 Å². The minimum atomic E-state index is -0.697. The first-order valence-corrected chi connectivity index (χ1v) is 15.7. The van der Waals surface area contributed by atoms with Gasteiger partial charge in [0.1, 0.15) is 5.69 Å². The van der Waals surface area contributed by atoms with Crippen LogP contribution in [0.1, 0.15) is 40.3 Å². The number of piperazine rings is 2. The number of hydrogen-bond acceptors (Lipinski definition) is 9. The first-order chi connectivity index (χ1) is 21.8. The zero-order valence-corrected chi connectivity index (χ0v) is 27.5. The average Bonchev–Trinajstić information content (AvgIpc) is 3.52. The van der Waals surface area contributed by atoms with Crippen molar-refractivity contribution >= 4 is 40.5 Å². The van der Waals surface area contributed by atoms with E-state index in [1.54, 1.807) is 0 Å². The van der Waals surface area contributed by atoms with Gasteiger partial charge < -0.3 is 26.2 Å². The van der Waals surface area contributed by atoms with Gasteiger partial charge in [0.25, 0.3) is 11.8 Å². The predicted octanol–water partition coefficient (Wildman–Crippen LogP) is 2.85. The molecule has 2 aromatic carbocycles. The summed E-state index contributed by atoms with van der Waals surface area (Å²) in [7, 11) is 4.12. The van der Waals surface area contributed by atoms with Crippen molar-refractivity contribution in [2.45, 2.75) is 32.9 Å². The lowest BCUT2D eigenvalue weighted by molar-refractivity contribution is 0.0935. The largest absolute Gasteiger partial charge is 0.396 e. The second-order valence-corrected chi connectivity index (χ2v) is 12.6. The van der Waals surface area contributed by atoms with E-state index in [9.17, 15) is 14.0 Å². The summed E-state index contributed by atoms with van der Waals surface area (Å²) in [6.45, 7) is 11.7. The van der Waals surface area contributed by atoms with Crippen LogP contribution in [-0.4, -0.2) is 120 Å². The summed E-state index contributed by atoms with van der Waals surface area (Å²) in [6.07, 6.45) is 1.34. The molecule has 248 valence electrons. The van der Waals surface area contributed by atoms with Crippen molar-refractivity contribution in [1.82, 2.24) is 35.0 Å². The molecule has 3 heterocycles. The van der Waals surface area contributed by atoms with Crippen LogP contribution in [0.25, 0.3) is 5.69 Å². The van der Waals surface area contributed by atoms with Crippen molar-refractivity contribution in [3.8, 4) is 5.69 Å². The lowest BCUT2D eigenvalue weighted by Crippen LogP contribution is -2.55. The topological polar surface area (TPSA) is 128 Å². The zero-order chi connectivity index (χ0) is 33.3. The van der Waals surface area contributed by atoms with Crippen molar-refractivity contribution < 1.29 is 18.4 Å². The molecule has 2 saturated heterocycles. The molecule has 1 aromatic heterocycles. The third kappa shape index (κ3) is 7.09. The predicted molar refractivity (Wildman–Crippen MR) is 175 cm³/mol. The third-order valence-electron chi connectivity index (χ3n) is 8.99. The van der Waals surface area contributed by atoms with Crippen LogP contribution in [0.5, 0.6) is 0 Å². The van der Waals surface area contributed by atoms with E-state index in [1.807, 2.05) is 11.9 Å². The zero-order valence-electron chi connectivity index (χ0n) is 26.8. The minimum absolute atomic E-state index is 0.0220. The molecule has 2 atom stereocenters. The number of benzene rings is 2. The van der Waals surface area contributed by atoms with Gasteiger partial charge in [-0.1, -0.05) is 16.8 Å². The summed E-state index contributed by atoms with van der Waals surface area (Å²) in [5.74, 6) is -2.39. The fraction of sp³-hybridized carbons (Fsp3) is 0.484. The number of aromatic nitrogens is 3. The molecule has 46 heavy (non-hydrogen) atoms. The summed E-state index contributed by atoms with van der Waals surface area (Å²) in [6, 6.07) is 4.25. The molecule has 2 aliphatic rings. The lowest BCUT2D eigenvalue weighted by Gasteiger charge is -2.44. The number of carbonyl (C=O) groups excluding carboxylic acids is 2. The second kappa shape index (κ2) is 13.9. The van der Waals surface area contributed by atoms with Gasteiger partial charge in [-0.3, -0.25) is 19.4 Å². The van der Waals surface area contributed by atoms with Crippen LogP contribution >= 0.6 is 11.6 Å². The number of anilines is 3. The van der Waals surface area contributed by atoms with E-state index in [1.165, 1.54) is 31.3 Å². The van der Waals surface area contributed by atoms with Crippen LogP contribution < -0.4 is 21.3 Å². The number of likely N-dealkylation sites (N-methyl/N-ethyl adjacent to an activating group) is 2. The van der Waals surface area contributed by atoms with E-state index in [2.05, 4.69) is 56.5 Å². The second-order valence-electron chi connectivity index (χ2n) is 12.3. The van der Waals surface area contributed by atoms with Crippen molar-refractivity contribution in [3.63, 3.8) is 0 Å². The molecule has 3 aromatic rings. The Morgan fingerprint density at radius 1 is 1.02 bits per heavy atom. The van der Waals surface area contributed by atoms with E-state index >= 15 is 4.39 Å². The van der Waals surface area contributed by atoms with Gasteiger partial charge in [0.15, 0.2) is 17.3 Å². The molecule has 4 N–H and O–H groups in total. The summed E-state index contributed by atoms with van der Waals surface area (Å²) >= 11 is 6.35. The number of nitrogen functional groups attached to an aromatic ring is 1. The van der Waals surface area contributed by atoms with Gasteiger partial charge in [0.2, 0.25) is 0 Å². The quantitative estimate of drug-likeness (QED) is 0.313. The number of amides is 2. The third-order valence-corrected chi connectivity index (χ3v) is 9.48. The van der Waals surface area contributed by atoms with Gasteiger partial charge in [-0.05, 0) is 47.0 Å². The van der Waals surface area contributed by atoms with Crippen LogP contribution in [0.3, 0.4) is 0 Å². The van der Waals surface area contributed by atoms with E-state index in [-0.39, 0.29) is 51.0 Å². The SMILES string of the molecule is Cc1c(F)c(N)cc(C(=O)Nc2cc(-n3cc(C(=O)NCCN4CCN(C)CC4)nn3)c(F)cc2N2C[C@@H](C)N(C)[C@@H](C)C2)c1Cl. The molecular formula is C31H41ClF2N10O2. The molecule has 0 radical (unpaired) electrons. The van der Waals surface area contributed by atoms with Crippen LogP contribution in [-0.2, 0) is 0 Å². The fourth-order valence-electron chi connectivity index (χ4n) is 5.82. The Morgan fingerprint density at radius 3 is 2.37 bits per heavy atom. The Hall–Kier alpha value is -3.85. The molecule has 5 rings (SSSR count). The highest BCUT2D eigenvalue weighted by molar-refractivity contribution is 6.35. The number of rotatable bonds is 8. The van der Waals surface area contributed by atoms with Gasteiger partial charge in [-0.2, -0.15) is 0 Å². The Kier molecular flexibility index (Phi) is 10.1. The summed E-state index contributed by atoms with van der Waals surface area (Å²) in [5, 5.41) is 13.6. The normalized spacial score (nSPS) is 19.8. The molecule has 0 bridgehead atoms. The first-order valence-electron chi connectivity index (χ1n) is 15.3. The Morgan fingerprint density at radius 2 is 1.70 bits per heavy atom. The first kappa shape index (κ1) is 33.5. The number of carbonyl (C=O) groups is 2. The van der Waals surface area contributed by atoms with Crippen molar-refractivity contribution in [1.29, 1.82) is 0 Å². The molecule has 2 fully saturated rings. The summed E-state index contributed by atoms with van der Waals surface area (Å²) < 4.78 is 31.3. The number of nitrogens with zero attached hydrogens (tertiary/aromatic N) is 7. The molecule has 12 nitrogen and oxygen atoms in total. The van der Waals surface area contributed by atoms with Gasteiger partial charge in [0.05, 0.1) is 33.8 Å². The maximum atomic E-state index is 15.8. The molecule has 0 saturated carbocycles. The van der Waals surface area contributed by atoms with Crippen molar-refractivity contribution in [2.75, 3.05) is 82.4 Å². The maximum absolute atomic E-state index is 15.8. The molecule has 0 unspecified atom stereocenters. The van der Waals surface area contributed by atoms with Gasteiger partial charge in [0, 0.05) is 76.1 Å². The molecule has 2 amide bonds. The maximum Gasteiger partial charge on any atom is 0.273 e. The van der Waals surface area contributed by atoms with Gasteiger partial charge >= 0.3 is 0 Å². The molecule has 0 spiro atoms. The smallest absolute Gasteiger partial charge is 0.273 e. The van der Waals surface area contributed by atoms with Crippen LogP contribution in [0.4, 0.5) is 25.8 Å². The lowest BCUT2D eigenvalue weighted by atomic mass is 10.1. The van der Waals surface area contributed by atoms with Gasteiger partial charge in [-0.25, -0.2) is 13.5 Å². The highest BCUT2D eigenvalue weighted by atomic mass is 35.5. The summed E-state index contributed by atoms with van der Waals surface area (Å²) in [4.78, 5) is 35.1. The summed E-state index contributed by atoms with van der Waals surface area (Å²) in [5.41, 5.74) is 6.33. The van der Waals surface area contributed by atoms with Crippen molar-refractivity contribution in [2.24, 2.45) is 0 Å². The molecule has 15 heteroatoms. The van der Waals surface area contributed by atoms with Crippen molar-refractivity contribution in [3.05, 3.63) is 57.9 Å². The van der Waals surface area contributed by atoms with Crippen LogP contribution in [0.2, 0.25) is 5.02 Å². The standard InChI is InChI=1S/C31H41ClF2N10O2/c1-18-15-43(16-19(2)41(18)5)27-13-22(33)26(14-24(27)37-30(45)21-12-23(35)29(34)20(3)28(21)32)44-17-25(38-39-44)31(46)36-6-7-42-10-8-40(4)9-11-42/h12-14,17-19H,6-11,15-16,35H2,1-5H3,(H,36,46)(H,37,45)/t18-,19+. The molecule has 2 aliphatic heterocycles. The van der Waals surface area contributed by atoms with Crippen LogP contribution in [0, 0.1) is 18.6 Å². The monoisotopic (exact) mass is 658 g/mol. The number of hydrogen-bond donors (Lipinski definition) is 3. The number of nitrogens with one attached hydrogen (secondary N) is 2. The fourth-order valence-corrected chi connectivity index (χ4v) is 6.04. The van der Waals surface area contributed by atoms with Crippen LogP contribution in [0.15, 0.2) is 24.4 Å².